The van der Waals surface area contributed by atoms with Crippen molar-refractivity contribution < 1.29 is 14.7 Å². The first-order valence-electron chi connectivity index (χ1n) is 11.8. The van der Waals surface area contributed by atoms with Crippen LogP contribution < -0.4 is 5.32 Å². The lowest BCUT2D eigenvalue weighted by Crippen LogP contribution is -2.28. The summed E-state index contributed by atoms with van der Waals surface area (Å²) in [6.45, 7) is 5.89. The van der Waals surface area contributed by atoms with E-state index in [2.05, 4.69) is 22.2 Å². The Kier molecular flexibility index (Phi) is 7.55. The number of hydrogen-bond acceptors (Lipinski definition) is 3. The van der Waals surface area contributed by atoms with E-state index >= 15 is 0 Å². The van der Waals surface area contributed by atoms with Gasteiger partial charge in [0.25, 0.3) is 5.91 Å². The number of carbonyl (C=O) groups is 2. The molecule has 7 heteroatoms. The number of amides is 1. The van der Waals surface area contributed by atoms with E-state index in [1.807, 2.05) is 50.2 Å². The fourth-order valence-electron chi connectivity index (χ4n) is 4.26. The van der Waals surface area contributed by atoms with E-state index in [9.17, 15) is 14.7 Å². The minimum absolute atomic E-state index is 0.0120. The number of carboxylic acid groups (broad SMARTS) is 1. The van der Waals surface area contributed by atoms with Gasteiger partial charge in [-0.3, -0.25) is 4.79 Å². The summed E-state index contributed by atoms with van der Waals surface area (Å²) in [6, 6.07) is 19.6. The first-order valence-corrected chi connectivity index (χ1v) is 12.2. The van der Waals surface area contributed by atoms with Crippen molar-refractivity contribution in [2.75, 3.05) is 0 Å². The number of aryl methyl sites for hydroxylation is 2. The first-order chi connectivity index (χ1) is 17.3. The molecule has 3 aromatic carbocycles. The number of carbonyl (C=O) groups excluding carboxylic acids is 1. The standard InChI is InChI=1S/C29H28ClN3O3/c1-4-8-26(19-9-6-5-7-10-19)33-28(34)20-11-13-22(25(15-20)29(35)36)24-16-21(30)12-14-23(24)27-31-17(2)18(3)32-27/h5-7,9-16,26H,4,8H2,1-3H3,(H,31,32)(H,33,34)(H,35,36). The third kappa shape index (κ3) is 5.34. The Hall–Kier alpha value is -3.90. The average Bonchev–Trinajstić information content (AvgIpc) is 3.21. The second-order valence-corrected chi connectivity index (χ2v) is 9.21. The lowest BCUT2D eigenvalue weighted by molar-refractivity contribution is 0.0697. The summed E-state index contributed by atoms with van der Waals surface area (Å²) in [5.41, 5.74) is 4.88. The molecule has 0 saturated carbocycles. The predicted molar refractivity (Wildman–Crippen MR) is 142 cm³/mol. The molecule has 0 aliphatic carbocycles. The number of aromatic nitrogens is 2. The third-order valence-electron chi connectivity index (χ3n) is 6.25. The van der Waals surface area contributed by atoms with Gasteiger partial charge in [0.05, 0.1) is 17.3 Å². The molecule has 1 amide bonds. The number of benzene rings is 3. The number of halogens is 1. The Balaban J connectivity index is 1.74. The van der Waals surface area contributed by atoms with E-state index in [4.69, 9.17) is 11.6 Å². The molecule has 3 N–H and O–H groups in total. The molecular weight excluding hydrogens is 474 g/mol. The maximum Gasteiger partial charge on any atom is 0.336 e. The molecule has 0 spiro atoms. The highest BCUT2D eigenvalue weighted by Crippen LogP contribution is 2.36. The van der Waals surface area contributed by atoms with Gasteiger partial charge >= 0.3 is 5.97 Å². The summed E-state index contributed by atoms with van der Waals surface area (Å²) in [4.78, 5) is 33.3. The second-order valence-electron chi connectivity index (χ2n) is 8.78. The summed E-state index contributed by atoms with van der Waals surface area (Å²) in [7, 11) is 0. The van der Waals surface area contributed by atoms with E-state index in [1.54, 1.807) is 24.3 Å². The number of hydrogen-bond donors (Lipinski definition) is 3. The number of imidazole rings is 1. The average molecular weight is 502 g/mol. The van der Waals surface area contributed by atoms with Gasteiger partial charge in [-0.15, -0.1) is 0 Å². The van der Waals surface area contributed by atoms with E-state index in [1.165, 1.54) is 6.07 Å². The van der Waals surface area contributed by atoms with Crippen LogP contribution in [-0.4, -0.2) is 27.0 Å². The molecule has 1 aromatic heterocycles. The Bertz CT molecular complexity index is 1390. The Morgan fingerprint density at radius 3 is 2.36 bits per heavy atom. The number of H-pyrrole nitrogens is 1. The topological polar surface area (TPSA) is 95.1 Å². The van der Waals surface area contributed by atoms with Gasteiger partial charge in [-0.05, 0) is 67.3 Å². The molecule has 0 aliphatic heterocycles. The van der Waals surface area contributed by atoms with E-state index in [0.717, 1.165) is 35.4 Å². The van der Waals surface area contributed by atoms with Crippen LogP contribution in [0.15, 0.2) is 66.7 Å². The van der Waals surface area contributed by atoms with Crippen LogP contribution in [0.1, 0.15) is 63.5 Å². The highest BCUT2D eigenvalue weighted by Gasteiger charge is 2.21. The minimum atomic E-state index is -1.13. The van der Waals surface area contributed by atoms with Crippen molar-refractivity contribution >= 4 is 23.5 Å². The summed E-state index contributed by atoms with van der Waals surface area (Å²) in [5, 5.41) is 13.6. The fraction of sp³-hybridized carbons (Fsp3) is 0.207. The normalized spacial score (nSPS) is 11.8. The van der Waals surface area contributed by atoms with Gasteiger partial charge in [0.2, 0.25) is 0 Å². The van der Waals surface area contributed by atoms with Crippen molar-refractivity contribution in [3.63, 3.8) is 0 Å². The summed E-state index contributed by atoms with van der Waals surface area (Å²) in [6.07, 6.45) is 1.66. The molecular formula is C29H28ClN3O3. The van der Waals surface area contributed by atoms with Gasteiger partial charge in [-0.25, -0.2) is 9.78 Å². The number of aromatic carboxylic acids is 1. The zero-order valence-electron chi connectivity index (χ0n) is 20.4. The fourth-order valence-corrected chi connectivity index (χ4v) is 4.43. The van der Waals surface area contributed by atoms with Gasteiger partial charge < -0.3 is 15.4 Å². The van der Waals surface area contributed by atoms with Crippen LogP contribution in [0.4, 0.5) is 0 Å². The maximum absolute atomic E-state index is 13.2. The van der Waals surface area contributed by atoms with Crippen LogP contribution in [0.3, 0.4) is 0 Å². The van der Waals surface area contributed by atoms with Crippen LogP contribution in [0.5, 0.6) is 0 Å². The van der Waals surface area contributed by atoms with Crippen molar-refractivity contribution in [3.8, 4) is 22.5 Å². The number of carboxylic acids is 1. The smallest absolute Gasteiger partial charge is 0.336 e. The van der Waals surface area contributed by atoms with Crippen LogP contribution in [-0.2, 0) is 0 Å². The summed E-state index contributed by atoms with van der Waals surface area (Å²) < 4.78 is 0. The van der Waals surface area contributed by atoms with Crippen LogP contribution in [0.25, 0.3) is 22.5 Å². The monoisotopic (exact) mass is 501 g/mol. The van der Waals surface area contributed by atoms with Crippen molar-refractivity contribution in [1.29, 1.82) is 0 Å². The molecule has 0 aliphatic rings. The zero-order chi connectivity index (χ0) is 25.8. The first kappa shape index (κ1) is 25.2. The maximum atomic E-state index is 13.2. The summed E-state index contributed by atoms with van der Waals surface area (Å²) in [5.74, 6) is -0.833. The molecule has 0 saturated heterocycles. The molecule has 4 rings (SSSR count). The number of aromatic amines is 1. The zero-order valence-corrected chi connectivity index (χ0v) is 21.2. The van der Waals surface area contributed by atoms with Crippen molar-refractivity contribution in [1.82, 2.24) is 15.3 Å². The molecule has 0 radical (unpaired) electrons. The van der Waals surface area contributed by atoms with Crippen LogP contribution in [0.2, 0.25) is 5.02 Å². The molecule has 36 heavy (non-hydrogen) atoms. The molecule has 6 nitrogen and oxygen atoms in total. The number of rotatable bonds is 8. The highest BCUT2D eigenvalue weighted by atomic mass is 35.5. The van der Waals surface area contributed by atoms with Crippen LogP contribution >= 0.6 is 11.6 Å². The third-order valence-corrected chi connectivity index (χ3v) is 6.49. The van der Waals surface area contributed by atoms with E-state index < -0.39 is 5.97 Å². The van der Waals surface area contributed by atoms with Crippen molar-refractivity contribution in [2.45, 2.75) is 39.7 Å². The van der Waals surface area contributed by atoms with Gasteiger partial charge in [-0.2, -0.15) is 0 Å². The second kappa shape index (κ2) is 10.8. The number of nitrogens with one attached hydrogen (secondary N) is 2. The Labute approximate surface area is 215 Å². The SMILES string of the molecule is CCCC(NC(=O)c1ccc(-c2cc(Cl)ccc2-c2nc(C)c(C)[nH]2)c(C(=O)O)c1)c1ccccc1. The van der Waals surface area contributed by atoms with Gasteiger partial charge in [0, 0.05) is 21.8 Å². The molecule has 4 aromatic rings. The van der Waals surface area contributed by atoms with E-state index in [-0.39, 0.29) is 23.1 Å². The van der Waals surface area contributed by atoms with Gasteiger partial charge in [0.15, 0.2) is 0 Å². The molecule has 0 fully saturated rings. The lowest BCUT2D eigenvalue weighted by atomic mass is 9.93. The summed E-state index contributed by atoms with van der Waals surface area (Å²) >= 11 is 6.31. The van der Waals surface area contributed by atoms with E-state index in [0.29, 0.717) is 22.0 Å². The van der Waals surface area contributed by atoms with Gasteiger partial charge in [-0.1, -0.05) is 61.3 Å². The predicted octanol–water partition coefficient (Wildman–Crippen LogP) is 6.98. The van der Waals surface area contributed by atoms with Crippen molar-refractivity contribution in [3.05, 3.63) is 99.8 Å². The lowest BCUT2D eigenvalue weighted by Gasteiger charge is -2.19. The van der Waals surface area contributed by atoms with Crippen LogP contribution in [0, 0.1) is 13.8 Å². The van der Waals surface area contributed by atoms with Crippen molar-refractivity contribution in [2.24, 2.45) is 0 Å². The molecule has 1 unspecified atom stereocenters. The minimum Gasteiger partial charge on any atom is -0.478 e. The molecule has 184 valence electrons. The molecule has 1 atom stereocenters. The quantitative estimate of drug-likeness (QED) is 0.242. The largest absolute Gasteiger partial charge is 0.478 e. The Morgan fingerprint density at radius 1 is 1.00 bits per heavy atom. The molecule has 0 bridgehead atoms. The Morgan fingerprint density at radius 2 is 1.72 bits per heavy atom. The number of nitrogens with zero attached hydrogens (tertiary/aromatic N) is 1. The highest BCUT2D eigenvalue weighted by molar-refractivity contribution is 6.31. The van der Waals surface area contributed by atoms with Gasteiger partial charge in [0.1, 0.15) is 5.82 Å². The molecule has 1 heterocycles.